The molecule has 1 rings (SSSR count). The third kappa shape index (κ3) is 5.95. The molecule has 0 aromatic heterocycles. The van der Waals surface area contributed by atoms with E-state index in [1.165, 1.54) is 38.9 Å². The Kier molecular flexibility index (Phi) is 8.27. The van der Waals surface area contributed by atoms with Crippen LogP contribution in [0.3, 0.4) is 0 Å². The van der Waals surface area contributed by atoms with Gasteiger partial charge < -0.3 is 15.0 Å². The van der Waals surface area contributed by atoms with Crippen LogP contribution in [0.5, 0.6) is 0 Å². The zero-order chi connectivity index (χ0) is 15.7. The average molecular weight is 298 g/mol. The Labute approximate surface area is 130 Å². The number of nitrogens with zero attached hydrogens (tertiary/aromatic N) is 1. The first kappa shape index (κ1) is 18.4. The molecule has 1 aliphatic rings. The highest BCUT2D eigenvalue weighted by Crippen LogP contribution is 2.21. The van der Waals surface area contributed by atoms with Crippen LogP contribution in [0, 0.1) is 5.92 Å². The second-order valence-corrected chi connectivity index (χ2v) is 6.45. The molecule has 1 saturated heterocycles. The van der Waals surface area contributed by atoms with Gasteiger partial charge in [-0.3, -0.25) is 4.79 Å². The monoisotopic (exact) mass is 298 g/mol. The fourth-order valence-corrected chi connectivity index (χ4v) is 3.05. The minimum absolute atomic E-state index is 0.128. The summed E-state index contributed by atoms with van der Waals surface area (Å²) in [7, 11) is 1.84. The number of carbonyl (C=O) groups excluding carboxylic acids is 1. The number of likely N-dealkylation sites (N-methyl/N-ethyl adjacent to an activating group) is 1. The molecule has 4 heteroatoms. The van der Waals surface area contributed by atoms with Crippen LogP contribution >= 0.6 is 0 Å². The molecule has 1 aliphatic heterocycles. The van der Waals surface area contributed by atoms with Gasteiger partial charge in [0.2, 0.25) is 0 Å². The van der Waals surface area contributed by atoms with Gasteiger partial charge in [0.05, 0.1) is 6.61 Å². The molecule has 1 unspecified atom stereocenters. The molecule has 0 spiro atoms. The lowest BCUT2D eigenvalue weighted by Crippen LogP contribution is -2.48. The molecule has 0 saturated carbocycles. The number of nitrogens with one attached hydrogen (secondary N) is 1. The molecule has 0 amide bonds. The second-order valence-electron chi connectivity index (χ2n) is 6.45. The number of esters is 1. The van der Waals surface area contributed by atoms with Gasteiger partial charge in [-0.25, -0.2) is 0 Å². The number of carbonyl (C=O) groups is 1. The second kappa shape index (κ2) is 9.42. The molecule has 0 radical (unpaired) electrons. The highest BCUT2D eigenvalue weighted by atomic mass is 16.5. The molecule has 0 aromatic carbocycles. The number of unbranched alkanes of at least 4 members (excludes halogenated alkanes) is 1. The highest BCUT2D eigenvalue weighted by molar-refractivity contribution is 5.80. The molecule has 124 valence electrons. The highest BCUT2D eigenvalue weighted by Gasteiger charge is 2.32. The summed E-state index contributed by atoms with van der Waals surface area (Å²) in [5, 5.41) is 3.13. The maximum Gasteiger partial charge on any atom is 0.326 e. The number of likely N-dealkylation sites (tertiary alicyclic amines) is 1. The normalized spacial score (nSPS) is 20.2. The lowest BCUT2D eigenvalue weighted by Gasteiger charge is -2.32. The van der Waals surface area contributed by atoms with Crippen LogP contribution in [0.15, 0.2) is 0 Å². The quantitative estimate of drug-likeness (QED) is 0.525. The predicted molar refractivity (Wildman–Crippen MR) is 87.4 cm³/mol. The van der Waals surface area contributed by atoms with Crippen LogP contribution in [-0.4, -0.2) is 49.7 Å². The van der Waals surface area contributed by atoms with Crippen LogP contribution in [0.25, 0.3) is 0 Å². The minimum atomic E-state index is -0.536. The molecule has 0 bridgehead atoms. The maximum absolute atomic E-state index is 12.0. The number of rotatable bonds is 9. The van der Waals surface area contributed by atoms with Crippen molar-refractivity contribution in [2.24, 2.45) is 5.92 Å². The van der Waals surface area contributed by atoms with Crippen LogP contribution in [0.4, 0.5) is 0 Å². The van der Waals surface area contributed by atoms with E-state index in [0.717, 1.165) is 25.2 Å². The Morgan fingerprint density at radius 2 is 1.95 bits per heavy atom. The van der Waals surface area contributed by atoms with Crippen molar-refractivity contribution < 1.29 is 9.53 Å². The lowest BCUT2D eigenvalue weighted by molar-refractivity contribution is -0.150. The smallest absolute Gasteiger partial charge is 0.326 e. The van der Waals surface area contributed by atoms with E-state index in [1.807, 2.05) is 20.9 Å². The van der Waals surface area contributed by atoms with E-state index in [9.17, 15) is 4.79 Å². The molecule has 21 heavy (non-hydrogen) atoms. The van der Waals surface area contributed by atoms with E-state index in [0.29, 0.717) is 6.61 Å². The third-order valence-corrected chi connectivity index (χ3v) is 4.96. The van der Waals surface area contributed by atoms with Gasteiger partial charge in [-0.1, -0.05) is 13.3 Å². The van der Waals surface area contributed by atoms with Gasteiger partial charge in [-0.05, 0) is 78.6 Å². The first-order chi connectivity index (χ1) is 10.1. The standard InChI is InChI=1S/C17H34N2O2/c1-5-15-9-13-19(14-10-15)12-8-7-11-17(3,18-4)16(20)21-6-2/h15,18H,5-14H2,1-4H3. The van der Waals surface area contributed by atoms with Gasteiger partial charge in [-0.15, -0.1) is 0 Å². The average Bonchev–Trinajstić information content (AvgIpc) is 2.52. The van der Waals surface area contributed by atoms with Gasteiger partial charge in [0.1, 0.15) is 5.54 Å². The van der Waals surface area contributed by atoms with E-state index in [4.69, 9.17) is 4.74 Å². The maximum atomic E-state index is 12.0. The van der Waals surface area contributed by atoms with Gasteiger partial charge in [0.15, 0.2) is 0 Å². The minimum Gasteiger partial charge on any atom is -0.465 e. The van der Waals surface area contributed by atoms with Crippen molar-refractivity contribution in [3.8, 4) is 0 Å². The summed E-state index contributed by atoms with van der Waals surface area (Å²) < 4.78 is 5.16. The van der Waals surface area contributed by atoms with E-state index < -0.39 is 5.54 Å². The third-order valence-electron chi connectivity index (χ3n) is 4.96. The van der Waals surface area contributed by atoms with Gasteiger partial charge in [-0.2, -0.15) is 0 Å². The Morgan fingerprint density at radius 3 is 2.48 bits per heavy atom. The van der Waals surface area contributed by atoms with E-state index in [1.54, 1.807) is 0 Å². The topological polar surface area (TPSA) is 41.6 Å². The van der Waals surface area contributed by atoms with Crippen molar-refractivity contribution in [3.05, 3.63) is 0 Å². The fourth-order valence-electron chi connectivity index (χ4n) is 3.05. The summed E-state index contributed by atoms with van der Waals surface area (Å²) >= 11 is 0. The summed E-state index contributed by atoms with van der Waals surface area (Å²) in [4.78, 5) is 14.5. The molecule has 1 N–H and O–H groups in total. The zero-order valence-corrected chi connectivity index (χ0v) is 14.4. The number of ether oxygens (including phenoxy) is 1. The molecule has 1 atom stereocenters. The molecule has 1 heterocycles. The first-order valence-corrected chi connectivity index (χ1v) is 8.64. The molecule has 0 aliphatic carbocycles. The van der Waals surface area contributed by atoms with Crippen molar-refractivity contribution in [2.75, 3.05) is 33.3 Å². The molecule has 4 nitrogen and oxygen atoms in total. The molecule has 0 aromatic rings. The van der Waals surface area contributed by atoms with Crippen molar-refractivity contribution in [2.45, 2.75) is 64.8 Å². The van der Waals surface area contributed by atoms with Gasteiger partial charge in [0.25, 0.3) is 0 Å². The lowest BCUT2D eigenvalue weighted by atomic mass is 9.93. The number of hydrogen-bond acceptors (Lipinski definition) is 4. The first-order valence-electron chi connectivity index (χ1n) is 8.64. The molecule has 1 fully saturated rings. The van der Waals surface area contributed by atoms with Gasteiger partial charge in [0, 0.05) is 0 Å². The predicted octanol–water partition coefficient (Wildman–Crippen LogP) is 2.82. The number of hydrogen-bond donors (Lipinski definition) is 1. The van der Waals surface area contributed by atoms with E-state index >= 15 is 0 Å². The van der Waals surface area contributed by atoms with Crippen molar-refractivity contribution in [1.29, 1.82) is 0 Å². The van der Waals surface area contributed by atoms with Crippen LogP contribution in [0.1, 0.15) is 59.3 Å². The van der Waals surface area contributed by atoms with E-state index in [2.05, 4.69) is 17.1 Å². The van der Waals surface area contributed by atoms with Crippen LogP contribution in [0.2, 0.25) is 0 Å². The SMILES string of the molecule is CCOC(=O)C(C)(CCCCN1CCC(CC)CC1)NC. The summed E-state index contributed by atoms with van der Waals surface area (Å²) in [5.74, 6) is 0.814. The van der Waals surface area contributed by atoms with Crippen molar-refractivity contribution in [1.82, 2.24) is 10.2 Å². The van der Waals surface area contributed by atoms with Gasteiger partial charge >= 0.3 is 5.97 Å². The largest absolute Gasteiger partial charge is 0.465 e. The fraction of sp³-hybridized carbons (Fsp3) is 0.941. The Bertz CT molecular complexity index is 301. The summed E-state index contributed by atoms with van der Waals surface area (Å²) in [5.41, 5.74) is -0.536. The molecular weight excluding hydrogens is 264 g/mol. The van der Waals surface area contributed by atoms with Crippen LogP contribution in [-0.2, 0) is 9.53 Å². The van der Waals surface area contributed by atoms with Crippen LogP contribution < -0.4 is 5.32 Å². The summed E-state index contributed by atoms with van der Waals surface area (Å²) in [6, 6.07) is 0. The van der Waals surface area contributed by atoms with Crippen molar-refractivity contribution >= 4 is 5.97 Å². The zero-order valence-electron chi connectivity index (χ0n) is 14.4. The molecular formula is C17H34N2O2. The van der Waals surface area contributed by atoms with E-state index in [-0.39, 0.29) is 5.97 Å². The Balaban J connectivity index is 2.22. The Morgan fingerprint density at radius 1 is 1.29 bits per heavy atom. The van der Waals surface area contributed by atoms with Crippen molar-refractivity contribution in [3.63, 3.8) is 0 Å². The summed E-state index contributed by atoms with van der Waals surface area (Å²) in [6.07, 6.45) is 7.10. The Hall–Kier alpha value is -0.610. The summed E-state index contributed by atoms with van der Waals surface area (Å²) in [6.45, 7) is 10.2. The number of piperidine rings is 1.